The molecule has 0 N–H and O–H groups in total. The fourth-order valence-corrected chi connectivity index (χ4v) is 2.81. The van der Waals surface area contributed by atoms with E-state index in [4.69, 9.17) is 8.92 Å². The Morgan fingerprint density at radius 1 is 1.31 bits per heavy atom. The van der Waals surface area contributed by atoms with E-state index < -0.39 is 14.9 Å². The molecule has 0 aromatic heterocycles. The summed E-state index contributed by atoms with van der Waals surface area (Å²) in [6.07, 6.45) is 7.10. The summed E-state index contributed by atoms with van der Waals surface area (Å²) in [5.41, 5.74) is 0. The molecule has 1 aliphatic rings. The van der Waals surface area contributed by atoms with Crippen LogP contribution >= 0.6 is 0 Å². The molecule has 0 radical (unpaired) electrons. The number of ether oxygens (including phenoxy) is 1. The maximum Gasteiger partial charge on any atom is 0.277 e. The normalized spacial score (nSPS) is 29.6. The van der Waals surface area contributed by atoms with Crippen LogP contribution in [-0.2, 0) is 19.0 Å². The van der Waals surface area contributed by atoms with Crippen LogP contribution in [0.5, 0.6) is 0 Å². The second kappa shape index (κ2) is 5.12. The van der Waals surface area contributed by atoms with Crippen LogP contribution in [0, 0.1) is 5.92 Å². The quantitative estimate of drug-likeness (QED) is 0.545. The summed E-state index contributed by atoms with van der Waals surface area (Å²) in [4.78, 5) is 0. The third-order valence-corrected chi connectivity index (χ3v) is 4.97. The highest BCUT2D eigenvalue weighted by Gasteiger charge is 2.42. The lowest BCUT2D eigenvalue weighted by atomic mass is 9.91. The van der Waals surface area contributed by atoms with Gasteiger partial charge >= 0.3 is 0 Å². The molecule has 92 valence electrons. The first-order chi connectivity index (χ1) is 7.44. The van der Waals surface area contributed by atoms with Crippen molar-refractivity contribution in [3.8, 4) is 0 Å². The summed E-state index contributed by atoms with van der Waals surface area (Å²) in [7, 11) is -2.12. The van der Waals surface area contributed by atoms with Crippen LogP contribution in [0.2, 0.25) is 0 Å². The van der Waals surface area contributed by atoms with Crippen molar-refractivity contribution >= 4 is 10.1 Å². The third-order valence-electron chi connectivity index (χ3n) is 2.91. The smallest absolute Gasteiger partial charge is 0.277 e. The summed E-state index contributed by atoms with van der Waals surface area (Å²) in [6.45, 7) is 3.85. The van der Waals surface area contributed by atoms with Gasteiger partial charge in [0.1, 0.15) is 4.75 Å². The van der Waals surface area contributed by atoms with Gasteiger partial charge in [0, 0.05) is 7.11 Å². The predicted molar refractivity (Wildman–Crippen MR) is 62.6 cm³/mol. The molecule has 0 aromatic rings. The van der Waals surface area contributed by atoms with Gasteiger partial charge in [0.15, 0.2) is 0 Å². The molecule has 16 heavy (non-hydrogen) atoms. The Hall–Kier alpha value is -0.650. The van der Waals surface area contributed by atoms with Gasteiger partial charge in [-0.05, 0) is 12.8 Å². The molecule has 0 heterocycles. The van der Waals surface area contributed by atoms with Gasteiger partial charge in [-0.3, -0.25) is 4.18 Å². The minimum atomic E-state index is -3.62. The number of rotatable bonds is 5. The van der Waals surface area contributed by atoms with Crippen molar-refractivity contribution in [2.45, 2.75) is 18.6 Å². The van der Waals surface area contributed by atoms with Crippen LogP contribution in [0.15, 0.2) is 24.3 Å². The van der Waals surface area contributed by atoms with E-state index in [2.05, 4.69) is 0 Å². The molecule has 0 aromatic carbocycles. The van der Waals surface area contributed by atoms with Gasteiger partial charge in [-0.2, -0.15) is 8.42 Å². The summed E-state index contributed by atoms with van der Waals surface area (Å²) in [5.74, 6) is -0.106. The van der Waals surface area contributed by atoms with Crippen molar-refractivity contribution in [2.24, 2.45) is 5.92 Å². The minimum Gasteiger partial charge on any atom is -0.382 e. The molecule has 2 unspecified atom stereocenters. The lowest BCUT2D eigenvalue weighted by Gasteiger charge is -2.31. The predicted octanol–water partition coefficient (Wildman–Crippen LogP) is 1.50. The first-order valence-electron chi connectivity index (χ1n) is 5.18. The SMILES string of the molecule is COCCOS(=O)(=O)C1(C)C=CC=CC1C. The van der Waals surface area contributed by atoms with Gasteiger partial charge in [0.05, 0.1) is 13.2 Å². The second-order valence-corrected chi connectivity index (χ2v) is 6.01. The standard InChI is InChI=1S/C11H18O4S/c1-10-6-4-5-7-11(10,2)16(12,13)15-9-8-14-3/h4-7,10H,8-9H2,1-3H3. The first-order valence-corrected chi connectivity index (χ1v) is 6.59. The van der Waals surface area contributed by atoms with E-state index in [0.717, 1.165) is 0 Å². The van der Waals surface area contributed by atoms with Gasteiger partial charge in [0.2, 0.25) is 0 Å². The average molecular weight is 246 g/mol. The van der Waals surface area contributed by atoms with E-state index >= 15 is 0 Å². The topological polar surface area (TPSA) is 52.6 Å². The van der Waals surface area contributed by atoms with Crippen LogP contribution in [0.1, 0.15) is 13.8 Å². The van der Waals surface area contributed by atoms with Crippen LogP contribution in [0.4, 0.5) is 0 Å². The molecule has 2 atom stereocenters. The Morgan fingerprint density at radius 3 is 2.56 bits per heavy atom. The summed E-state index contributed by atoms with van der Waals surface area (Å²) in [6, 6.07) is 0. The van der Waals surface area contributed by atoms with Crippen LogP contribution < -0.4 is 0 Å². The maximum atomic E-state index is 12.0. The number of hydrogen-bond acceptors (Lipinski definition) is 4. The molecule has 0 saturated heterocycles. The van der Waals surface area contributed by atoms with Crippen molar-refractivity contribution in [2.75, 3.05) is 20.3 Å². The summed E-state index contributed by atoms with van der Waals surface area (Å²) < 4.78 is 32.8. The number of allylic oxidation sites excluding steroid dienone is 3. The summed E-state index contributed by atoms with van der Waals surface area (Å²) >= 11 is 0. The average Bonchev–Trinajstić information content (AvgIpc) is 2.22. The molecule has 0 amide bonds. The van der Waals surface area contributed by atoms with Crippen molar-refractivity contribution in [3.05, 3.63) is 24.3 Å². The number of hydrogen-bond donors (Lipinski definition) is 0. The molecule has 4 nitrogen and oxygen atoms in total. The number of methoxy groups -OCH3 is 1. The highest BCUT2D eigenvalue weighted by molar-refractivity contribution is 7.88. The van der Waals surface area contributed by atoms with Crippen molar-refractivity contribution in [3.63, 3.8) is 0 Å². The van der Waals surface area contributed by atoms with Gasteiger partial charge in [-0.1, -0.05) is 31.2 Å². The van der Waals surface area contributed by atoms with E-state index in [1.807, 2.05) is 19.1 Å². The summed E-state index contributed by atoms with van der Waals surface area (Å²) in [5, 5.41) is 0. The van der Waals surface area contributed by atoms with Crippen LogP contribution in [0.3, 0.4) is 0 Å². The Bertz CT molecular complexity index is 383. The molecule has 5 heteroatoms. The zero-order chi connectivity index (χ0) is 12.2. The van der Waals surface area contributed by atoms with Gasteiger partial charge in [-0.15, -0.1) is 0 Å². The van der Waals surface area contributed by atoms with E-state index in [1.54, 1.807) is 19.1 Å². The van der Waals surface area contributed by atoms with E-state index in [-0.39, 0.29) is 19.1 Å². The van der Waals surface area contributed by atoms with Gasteiger partial charge in [0.25, 0.3) is 10.1 Å². The van der Waals surface area contributed by atoms with Crippen molar-refractivity contribution in [1.29, 1.82) is 0 Å². The van der Waals surface area contributed by atoms with Crippen molar-refractivity contribution in [1.82, 2.24) is 0 Å². The molecule has 1 aliphatic carbocycles. The molecule has 0 spiro atoms. The maximum absolute atomic E-state index is 12.0. The minimum absolute atomic E-state index is 0.0543. The highest BCUT2D eigenvalue weighted by Crippen LogP contribution is 2.33. The first kappa shape index (κ1) is 13.4. The van der Waals surface area contributed by atoms with Gasteiger partial charge < -0.3 is 4.74 Å². The fourth-order valence-electron chi connectivity index (χ4n) is 1.49. The molecule has 0 fully saturated rings. The van der Waals surface area contributed by atoms with Gasteiger partial charge in [-0.25, -0.2) is 0 Å². The Morgan fingerprint density at radius 2 is 2.00 bits per heavy atom. The van der Waals surface area contributed by atoms with Crippen molar-refractivity contribution < 1.29 is 17.3 Å². The zero-order valence-corrected chi connectivity index (χ0v) is 10.7. The zero-order valence-electron chi connectivity index (χ0n) is 9.84. The largest absolute Gasteiger partial charge is 0.382 e. The Balaban J connectivity index is 2.82. The van der Waals surface area contributed by atoms with Crippen LogP contribution in [0.25, 0.3) is 0 Å². The molecule has 0 bridgehead atoms. The highest BCUT2D eigenvalue weighted by atomic mass is 32.2. The molecule has 0 saturated carbocycles. The Kier molecular flexibility index (Phi) is 4.29. The van der Waals surface area contributed by atoms with E-state index in [9.17, 15) is 8.42 Å². The lowest BCUT2D eigenvalue weighted by molar-refractivity contribution is 0.146. The lowest BCUT2D eigenvalue weighted by Crippen LogP contribution is -2.41. The van der Waals surface area contributed by atoms with E-state index in [1.165, 1.54) is 7.11 Å². The Labute approximate surface area is 97.1 Å². The monoisotopic (exact) mass is 246 g/mol. The fraction of sp³-hybridized carbons (Fsp3) is 0.636. The van der Waals surface area contributed by atoms with Crippen LogP contribution in [-0.4, -0.2) is 33.5 Å². The molecular formula is C11H18O4S. The molecule has 1 rings (SSSR count). The molecular weight excluding hydrogens is 228 g/mol. The molecule has 0 aliphatic heterocycles. The third kappa shape index (κ3) is 2.53. The second-order valence-electron chi connectivity index (χ2n) is 3.99. The van der Waals surface area contributed by atoms with E-state index in [0.29, 0.717) is 0 Å².